The molecule has 0 aliphatic rings. The van der Waals surface area contributed by atoms with E-state index >= 15 is 0 Å². The standard InChI is InChI=1S/C23H23FN2O3S/c1-16-7-4-5-10-22(16)26(3)30(28,29)21-9-6-8-19(15-21)23(27)25-17(2)18-11-13-20(24)14-12-18/h4-15,17H,1-3H3,(H,25,27)/t17-/m0/s1. The summed E-state index contributed by atoms with van der Waals surface area (Å²) in [5, 5.41) is 2.81. The number of para-hydroxylation sites is 1. The van der Waals surface area contributed by atoms with Gasteiger partial charge in [0.25, 0.3) is 15.9 Å². The van der Waals surface area contributed by atoms with Gasteiger partial charge in [-0.2, -0.15) is 0 Å². The molecule has 3 aromatic rings. The van der Waals surface area contributed by atoms with Crippen LogP contribution in [0.2, 0.25) is 0 Å². The minimum atomic E-state index is -3.84. The summed E-state index contributed by atoms with van der Waals surface area (Å²) in [4.78, 5) is 12.7. The van der Waals surface area contributed by atoms with Gasteiger partial charge in [0.1, 0.15) is 5.82 Å². The first-order valence-electron chi connectivity index (χ1n) is 9.41. The summed E-state index contributed by atoms with van der Waals surface area (Å²) in [7, 11) is -2.36. The number of aryl methyl sites for hydroxylation is 1. The molecule has 0 bridgehead atoms. The van der Waals surface area contributed by atoms with Gasteiger partial charge in [-0.05, 0) is 61.4 Å². The summed E-state index contributed by atoms with van der Waals surface area (Å²) in [6.07, 6.45) is 0. The van der Waals surface area contributed by atoms with Crippen LogP contribution in [0.4, 0.5) is 10.1 Å². The van der Waals surface area contributed by atoms with Gasteiger partial charge in [0.2, 0.25) is 0 Å². The maximum atomic E-state index is 13.1. The normalized spacial score (nSPS) is 12.3. The Morgan fingerprint density at radius 1 is 1.00 bits per heavy atom. The molecule has 0 saturated heterocycles. The SMILES string of the molecule is Cc1ccccc1N(C)S(=O)(=O)c1cccc(C(=O)N[C@@H](C)c2ccc(F)cc2)c1. The van der Waals surface area contributed by atoms with Gasteiger partial charge in [-0.15, -0.1) is 0 Å². The molecule has 0 radical (unpaired) electrons. The summed E-state index contributed by atoms with van der Waals surface area (Å²) in [6, 6.07) is 18.6. The van der Waals surface area contributed by atoms with Gasteiger partial charge in [0.05, 0.1) is 16.6 Å². The summed E-state index contributed by atoms with van der Waals surface area (Å²) < 4.78 is 40.5. The Kier molecular flexibility index (Phi) is 6.22. The largest absolute Gasteiger partial charge is 0.346 e. The van der Waals surface area contributed by atoms with Crippen molar-refractivity contribution in [3.63, 3.8) is 0 Å². The van der Waals surface area contributed by atoms with Gasteiger partial charge in [-0.25, -0.2) is 12.8 Å². The van der Waals surface area contributed by atoms with Crippen molar-refractivity contribution in [3.8, 4) is 0 Å². The topological polar surface area (TPSA) is 66.5 Å². The number of hydrogen-bond donors (Lipinski definition) is 1. The molecule has 3 aromatic carbocycles. The number of nitrogens with zero attached hydrogens (tertiary/aromatic N) is 1. The van der Waals surface area contributed by atoms with Crippen molar-refractivity contribution in [3.05, 3.63) is 95.3 Å². The predicted octanol–water partition coefficient (Wildman–Crippen LogP) is 4.45. The molecule has 0 aromatic heterocycles. The molecule has 0 aliphatic carbocycles. The first-order chi connectivity index (χ1) is 14.2. The van der Waals surface area contributed by atoms with Crippen LogP contribution in [0.25, 0.3) is 0 Å². The molecular formula is C23H23FN2O3S. The molecule has 156 valence electrons. The van der Waals surface area contributed by atoms with Crippen LogP contribution < -0.4 is 9.62 Å². The van der Waals surface area contributed by atoms with E-state index in [2.05, 4.69) is 5.32 Å². The number of sulfonamides is 1. The number of carbonyl (C=O) groups is 1. The van der Waals surface area contributed by atoms with Crippen LogP contribution in [0.1, 0.15) is 34.5 Å². The van der Waals surface area contributed by atoms with E-state index in [9.17, 15) is 17.6 Å². The monoisotopic (exact) mass is 426 g/mol. The summed E-state index contributed by atoms with van der Waals surface area (Å²) in [5.41, 5.74) is 2.36. The number of benzene rings is 3. The molecular weight excluding hydrogens is 403 g/mol. The van der Waals surface area contributed by atoms with E-state index in [0.717, 1.165) is 11.1 Å². The first-order valence-corrected chi connectivity index (χ1v) is 10.8. The third-order valence-corrected chi connectivity index (χ3v) is 6.69. The van der Waals surface area contributed by atoms with Crippen molar-refractivity contribution < 1.29 is 17.6 Å². The zero-order chi connectivity index (χ0) is 21.9. The van der Waals surface area contributed by atoms with Crippen molar-refractivity contribution >= 4 is 21.6 Å². The van der Waals surface area contributed by atoms with E-state index in [-0.39, 0.29) is 22.3 Å². The van der Waals surface area contributed by atoms with E-state index in [4.69, 9.17) is 0 Å². The summed E-state index contributed by atoms with van der Waals surface area (Å²) >= 11 is 0. The lowest BCUT2D eigenvalue weighted by Gasteiger charge is -2.21. The van der Waals surface area contributed by atoms with Crippen LogP contribution in [0.5, 0.6) is 0 Å². The maximum Gasteiger partial charge on any atom is 0.264 e. The quantitative estimate of drug-likeness (QED) is 0.633. The van der Waals surface area contributed by atoms with Gasteiger partial charge < -0.3 is 5.32 Å². The highest BCUT2D eigenvalue weighted by Gasteiger charge is 2.23. The molecule has 0 spiro atoms. The Bertz CT molecular complexity index is 1160. The van der Waals surface area contributed by atoms with E-state index in [1.807, 2.05) is 19.1 Å². The Morgan fingerprint density at radius 3 is 2.33 bits per heavy atom. The van der Waals surface area contributed by atoms with Crippen LogP contribution in [0.15, 0.2) is 77.7 Å². The third kappa shape index (κ3) is 4.52. The van der Waals surface area contributed by atoms with Gasteiger partial charge in [0.15, 0.2) is 0 Å². The second-order valence-corrected chi connectivity index (χ2v) is 9.00. The number of hydrogen-bond acceptors (Lipinski definition) is 3. The minimum absolute atomic E-state index is 0.0235. The van der Waals surface area contributed by atoms with Gasteiger partial charge in [-0.1, -0.05) is 36.4 Å². The number of carbonyl (C=O) groups excluding carboxylic acids is 1. The van der Waals surface area contributed by atoms with Crippen molar-refractivity contribution in [2.24, 2.45) is 0 Å². The van der Waals surface area contributed by atoms with Crippen LogP contribution >= 0.6 is 0 Å². The summed E-state index contributed by atoms with van der Waals surface area (Å²) in [6.45, 7) is 3.61. The van der Waals surface area contributed by atoms with E-state index in [1.165, 1.54) is 41.7 Å². The van der Waals surface area contributed by atoms with Crippen molar-refractivity contribution in [1.29, 1.82) is 0 Å². The average Bonchev–Trinajstić information content (AvgIpc) is 2.74. The molecule has 0 unspecified atom stereocenters. The smallest absolute Gasteiger partial charge is 0.264 e. The Labute approximate surface area is 176 Å². The lowest BCUT2D eigenvalue weighted by molar-refractivity contribution is 0.0939. The molecule has 1 N–H and O–H groups in total. The second-order valence-electron chi connectivity index (χ2n) is 7.03. The second kappa shape index (κ2) is 8.67. The van der Waals surface area contributed by atoms with Crippen molar-refractivity contribution in [2.75, 3.05) is 11.4 Å². The lowest BCUT2D eigenvalue weighted by atomic mass is 10.1. The fourth-order valence-electron chi connectivity index (χ4n) is 3.12. The fraction of sp³-hybridized carbons (Fsp3) is 0.174. The van der Waals surface area contributed by atoms with Crippen LogP contribution in [-0.4, -0.2) is 21.4 Å². The van der Waals surface area contributed by atoms with Crippen LogP contribution in [-0.2, 0) is 10.0 Å². The third-order valence-electron chi connectivity index (χ3n) is 4.93. The Morgan fingerprint density at radius 2 is 1.67 bits per heavy atom. The maximum absolute atomic E-state index is 13.1. The first kappa shape index (κ1) is 21.5. The average molecular weight is 427 g/mol. The zero-order valence-corrected chi connectivity index (χ0v) is 17.8. The Hall–Kier alpha value is -3.19. The predicted molar refractivity (Wildman–Crippen MR) is 115 cm³/mol. The summed E-state index contributed by atoms with van der Waals surface area (Å²) in [5.74, 6) is -0.768. The molecule has 30 heavy (non-hydrogen) atoms. The molecule has 0 aliphatic heterocycles. The molecule has 0 saturated carbocycles. The van der Waals surface area contributed by atoms with Gasteiger partial charge >= 0.3 is 0 Å². The van der Waals surface area contributed by atoms with E-state index in [1.54, 1.807) is 37.3 Å². The number of amides is 1. The van der Waals surface area contributed by atoms with E-state index in [0.29, 0.717) is 5.69 Å². The highest BCUT2D eigenvalue weighted by atomic mass is 32.2. The molecule has 0 fully saturated rings. The van der Waals surface area contributed by atoms with E-state index < -0.39 is 15.9 Å². The van der Waals surface area contributed by atoms with Gasteiger partial charge in [0, 0.05) is 12.6 Å². The molecule has 1 amide bonds. The lowest BCUT2D eigenvalue weighted by Crippen LogP contribution is -2.29. The van der Waals surface area contributed by atoms with Crippen molar-refractivity contribution in [1.82, 2.24) is 5.32 Å². The van der Waals surface area contributed by atoms with Gasteiger partial charge in [-0.3, -0.25) is 9.10 Å². The Balaban J connectivity index is 1.83. The molecule has 7 heteroatoms. The molecule has 0 heterocycles. The molecule has 3 rings (SSSR count). The number of anilines is 1. The highest BCUT2D eigenvalue weighted by molar-refractivity contribution is 7.92. The minimum Gasteiger partial charge on any atom is -0.346 e. The molecule has 1 atom stereocenters. The number of nitrogens with one attached hydrogen (secondary N) is 1. The zero-order valence-electron chi connectivity index (χ0n) is 17.0. The number of rotatable bonds is 6. The number of halogens is 1. The fourth-order valence-corrected chi connectivity index (χ4v) is 4.42. The molecule has 5 nitrogen and oxygen atoms in total. The van der Waals surface area contributed by atoms with Crippen LogP contribution in [0, 0.1) is 12.7 Å². The van der Waals surface area contributed by atoms with Crippen molar-refractivity contribution in [2.45, 2.75) is 24.8 Å². The highest BCUT2D eigenvalue weighted by Crippen LogP contribution is 2.25. The van der Waals surface area contributed by atoms with Crippen LogP contribution in [0.3, 0.4) is 0 Å².